The molecule has 0 aliphatic heterocycles. The summed E-state index contributed by atoms with van der Waals surface area (Å²) >= 11 is 0. The molecule has 3 N–H and O–H groups in total. The Balaban J connectivity index is 5.44. The Kier molecular flexibility index (Phi) is 7.57. The van der Waals surface area contributed by atoms with Crippen LogP contribution in [0.3, 0.4) is 0 Å². The first-order valence-electron chi connectivity index (χ1n) is 7.85. The van der Waals surface area contributed by atoms with E-state index in [9.17, 15) is 19.2 Å². The normalized spacial score (nSPS) is 14.1. The fraction of sp³-hybridized carbons (Fsp3) is 0.750. The lowest BCUT2D eigenvalue weighted by Gasteiger charge is -2.33. The van der Waals surface area contributed by atoms with Crippen LogP contribution in [0.25, 0.3) is 0 Å². The largest absolute Gasteiger partial charge is 0.467 e. The summed E-state index contributed by atoms with van der Waals surface area (Å²) in [5.74, 6) is -2.35. The number of alkyl carbamates (subject to hydrolysis) is 1. The molecule has 9 nitrogen and oxygen atoms in total. The van der Waals surface area contributed by atoms with Crippen LogP contribution in [-0.2, 0) is 23.9 Å². The third kappa shape index (κ3) is 7.08. The number of amides is 3. The fourth-order valence-electron chi connectivity index (χ4n) is 1.81. The molecule has 25 heavy (non-hydrogen) atoms. The van der Waals surface area contributed by atoms with Crippen molar-refractivity contribution in [3.63, 3.8) is 0 Å². The van der Waals surface area contributed by atoms with Crippen molar-refractivity contribution in [1.29, 1.82) is 0 Å². The second kappa shape index (κ2) is 8.28. The predicted molar refractivity (Wildman–Crippen MR) is 90.4 cm³/mol. The number of nitrogens with zero attached hydrogens (tertiary/aromatic N) is 1. The third-order valence-corrected chi connectivity index (χ3v) is 3.04. The standard InChI is InChI=1S/C16H29N3O6/c1-9(18-14(23)25-15(3,4)5)11(20)19(10(2)12(21)24-8)13(22)16(6,7)17/h9-10H,17H2,1-8H3,(H,18,23)/t9-,10-/m0/s1. The van der Waals surface area contributed by atoms with Gasteiger partial charge in [-0.25, -0.2) is 9.59 Å². The summed E-state index contributed by atoms with van der Waals surface area (Å²) in [5.41, 5.74) is 3.63. The van der Waals surface area contributed by atoms with Crippen molar-refractivity contribution in [3.05, 3.63) is 0 Å². The summed E-state index contributed by atoms with van der Waals surface area (Å²) in [7, 11) is 1.14. The Bertz CT molecular complexity index is 533. The Morgan fingerprint density at radius 3 is 1.88 bits per heavy atom. The van der Waals surface area contributed by atoms with Crippen LogP contribution < -0.4 is 11.1 Å². The quantitative estimate of drug-likeness (QED) is 0.686. The molecule has 0 aromatic heterocycles. The van der Waals surface area contributed by atoms with Crippen LogP contribution in [0.15, 0.2) is 0 Å². The van der Waals surface area contributed by atoms with Gasteiger partial charge in [-0.15, -0.1) is 0 Å². The van der Waals surface area contributed by atoms with E-state index in [0.29, 0.717) is 4.90 Å². The zero-order valence-corrected chi connectivity index (χ0v) is 16.1. The van der Waals surface area contributed by atoms with Gasteiger partial charge < -0.3 is 20.5 Å². The molecule has 0 unspecified atom stereocenters. The van der Waals surface area contributed by atoms with Crippen molar-refractivity contribution < 1.29 is 28.7 Å². The monoisotopic (exact) mass is 359 g/mol. The maximum Gasteiger partial charge on any atom is 0.408 e. The molecular formula is C16H29N3O6. The van der Waals surface area contributed by atoms with Gasteiger partial charge in [0.25, 0.3) is 5.91 Å². The fourth-order valence-corrected chi connectivity index (χ4v) is 1.81. The number of ether oxygens (including phenoxy) is 2. The summed E-state index contributed by atoms with van der Waals surface area (Å²) in [6, 6.07) is -2.32. The lowest BCUT2D eigenvalue weighted by molar-refractivity contribution is -0.161. The van der Waals surface area contributed by atoms with Gasteiger partial charge >= 0.3 is 12.1 Å². The number of carbonyl (C=O) groups is 4. The highest BCUT2D eigenvalue weighted by Gasteiger charge is 2.40. The first kappa shape index (κ1) is 22.8. The van der Waals surface area contributed by atoms with E-state index in [0.717, 1.165) is 7.11 Å². The molecule has 0 aromatic carbocycles. The Morgan fingerprint density at radius 1 is 1.04 bits per heavy atom. The topological polar surface area (TPSA) is 128 Å². The molecule has 0 aromatic rings. The number of rotatable bonds is 5. The molecule has 0 rings (SSSR count). The number of carbonyl (C=O) groups excluding carboxylic acids is 4. The zero-order chi connectivity index (χ0) is 20.2. The SMILES string of the molecule is COC(=O)[C@H](C)N(C(=O)[C@H](C)NC(=O)OC(C)(C)C)C(=O)C(C)(C)N. The van der Waals surface area contributed by atoms with Crippen LogP contribution in [0, 0.1) is 0 Å². The average Bonchev–Trinajstić information content (AvgIpc) is 2.42. The van der Waals surface area contributed by atoms with Crippen molar-refractivity contribution in [2.75, 3.05) is 7.11 Å². The van der Waals surface area contributed by atoms with Crippen molar-refractivity contribution in [2.45, 2.75) is 71.7 Å². The molecule has 0 spiro atoms. The molecule has 144 valence electrons. The number of nitrogens with one attached hydrogen (secondary N) is 1. The van der Waals surface area contributed by atoms with Crippen molar-refractivity contribution in [1.82, 2.24) is 10.2 Å². The minimum Gasteiger partial charge on any atom is -0.467 e. The van der Waals surface area contributed by atoms with E-state index in [2.05, 4.69) is 10.1 Å². The van der Waals surface area contributed by atoms with Gasteiger partial charge in [0, 0.05) is 0 Å². The molecule has 0 heterocycles. The molecule has 2 atom stereocenters. The minimum atomic E-state index is -1.40. The van der Waals surface area contributed by atoms with Gasteiger partial charge in [0.15, 0.2) is 0 Å². The second-order valence-corrected chi connectivity index (χ2v) is 7.30. The third-order valence-electron chi connectivity index (χ3n) is 3.04. The summed E-state index contributed by atoms with van der Waals surface area (Å²) in [4.78, 5) is 49.5. The highest BCUT2D eigenvalue weighted by Crippen LogP contribution is 2.13. The molecular weight excluding hydrogens is 330 g/mol. The van der Waals surface area contributed by atoms with Crippen LogP contribution in [0.1, 0.15) is 48.5 Å². The summed E-state index contributed by atoms with van der Waals surface area (Å²) in [5, 5.41) is 2.34. The Labute approximate surface area is 148 Å². The highest BCUT2D eigenvalue weighted by molar-refractivity contribution is 6.05. The molecule has 0 aliphatic carbocycles. The summed E-state index contributed by atoms with van der Waals surface area (Å²) < 4.78 is 9.67. The van der Waals surface area contributed by atoms with Crippen molar-refractivity contribution in [2.24, 2.45) is 5.73 Å². The maximum atomic E-state index is 12.7. The predicted octanol–water partition coefficient (Wildman–Crippen LogP) is 0.554. The number of imide groups is 1. The van der Waals surface area contributed by atoms with E-state index >= 15 is 0 Å². The van der Waals surface area contributed by atoms with Crippen LogP contribution in [0.4, 0.5) is 4.79 Å². The lowest BCUT2D eigenvalue weighted by Crippen LogP contribution is -2.61. The van der Waals surface area contributed by atoms with Crippen LogP contribution >= 0.6 is 0 Å². The van der Waals surface area contributed by atoms with Crippen molar-refractivity contribution in [3.8, 4) is 0 Å². The van der Waals surface area contributed by atoms with E-state index < -0.39 is 47.1 Å². The van der Waals surface area contributed by atoms with Crippen LogP contribution in [0.2, 0.25) is 0 Å². The number of methoxy groups -OCH3 is 1. The lowest BCUT2D eigenvalue weighted by atomic mass is 10.0. The smallest absolute Gasteiger partial charge is 0.408 e. The van der Waals surface area contributed by atoms with Gasteiger partial charge in [-0.2, -0.15) is 0 Å². The van der Waals surface area contributed by atoms with E-state index in [1.165, 1.54) is 27.7 Å². The molecule has 9 heteroatoms. The highest BCUT2D eigenvalue weighted by atomic mass is 16.6. The number of hydrogen-bond donors (Lipinski definition) is 2. The van der Waals surface area contributed by atoms with E-state index in [4.69, 9.17) is 10.5 Å². The summed E-state index contributed by atoms with van der Waals surface area (Å²) in [6.07, 6.45) is -0.821. The Morgan fingerprint density at radius 2 is 1.52 bits per heavy atom. The number of nitrogens with two attached hydrogens (primary N) is 1. The zero-order valence-electron chi connectivity index (χ0n) is 16.1. The van der Waals surface area contributed by atoms with E-state index in [1.54, 1.807) is 20.8 Å². The minimum absolute atomic E-state index is 0.702. The van der Waals surface area contributed by atoms with Gasteiger partial charge in [0.2, 0.25) is 5.91 Å². The second-order valence-electron chi connectivity index (χ2n) is 7.30. The van der Waals surface area contributed by atoms with E-state index in [1.807, 2.05) is 0 Å². The molecule has 0 saturated heterocycles. The molecule has 0 fully saturated rings. The molecule has 0 saturated carbocycles. The number of hydrogen-bond acceptors (Lipinski definition) is 7. The molecule has 0 bridgehead atoms. The van der Waals surface area contributed by atoms with Gasteiger partial charge in [0.1, 0.15) is 17.7 Å². The first-order valence-corrected chi connectivity index (χ1v) is 7.85. The number of esters is 1. The van der Waals surface area contributed by atoms with E-state index in [-0.39, 0.29) is 0 Å². The van der Waals surface area contributed by atoms with Gasteiger partial charge in [-0.3, -0.25) is 14.5 Å². The first-order chi connectivity index (χ1) is 11.1. The van der Waals surface area contributed by atoms with Crippen LogP contribution in [-0.4, -0.2) is 59.1 Å². The molecule has 0 radical (unpaired) electrons. The van der Waals surface area contributed by atoms with Crippen molar-refractivity contribution >= 4 is 23.9 Å². The van der Waals surface area contributed by atoms with Crippen LogP contribution in [0.5, 0.6) is 0 Å². The Hall–Kier alpha value is -2.16. The molecule has 3 amide bonds. The maximum absolute atomic E-state index is 12.7. The van der Waals surface area contributed by atoms with Gasteiger partial charge in [-0.05, 0) is 48.5 Å². The van der Waals surface area contributed by atoms with Gasteiger partial charge in [-0.1, -0.05) is 0 Å². The summed E-state index contributed by atoms with van der Waals surface area (Å²) in [6.45, 7) is 10.5. The average molecular weight is 359 g/mol. The molecule has 0 aliphatic rings. The van der Waals surface area contributed by atoms with Gasteiger partial charge in [0.05, 0.1) is 12.6 Å².